The average Bonchev–Trinajstić information content (AvgIpc) is 2.75. The summed E-state index contributed by atoms with van der Waals surface area (Å²) in [5.74, 6) is -0.790. The van der Waals surface area contributed by atoms with Crippen molar-refractivity contribution >= 4 is 30.1 Å². The molecule has 0 amide bonds. The quantitative estimate of drug-likeness (QED) is 0.209. The minimum Gasteiger partial charge on any atom is -0.507 e. The van der Waals surface area contributed by atoms with Crippen LogP contribution in [0, 0.1) is 0 Å². The maximum atomic E-state index is 12.8. The lowest BCUT2D eigenvalue weighted by atomic mass is 10.00. The number of ketones is 1. The number of phenols is 3. The molecule has 0 unspecified atom stereocenters. The van der Waals surface area contributed by atoms with Crippen molar-refractivity contribution in [3.05, 3.63) is 113 Å². The first kappa shape index (κ1) is 25.9. The van der Waals surface area contributed by atoms with E-state index in [0.29, 0.717) is 16.7 Å². The van der Waals surface area contributed by atoms with Crippen LogP contribution in [0.3, 0.4) is 0 Å². The van der Waals surface area contributed by atoms with E-state index < -0.39 is 5.78 Å². The number of hydrogen-bond acceptors (Lipinski definition) is 4. The summed E-state index contributed by atoms with van der Waals surface area (Å²) in [6.07, 6.45) is 13.2. The van der Waals surface area contributed by atoms with Gasteiger partial charge in [-0.1, -0.05) is 72.9 Å². The van der Waals surface area contributed by atoms with Crippen LogP contribution in [0.25, 0.3) is 24.3 Å². The number of hydrogen-bond donors (Lipinski definition) is 3. The van der Waals surface area contributed by atoms with Crippen LogP contribution in [0.1, 0.15) is 53.4 Å². The van der Waals surface area contributed by atoms with Crippen molar-refractivity contribution in [2.45, 2.75) is 20.8 Å². The Morgan fingerprint density at radius 1 is 0.706 bits per heavy atom. The summed E-state index contributed by atoms with van der Waals surface area (Å²) in [5, 5.41) is 31.3. The third kappa shape index (κ3) is 7.10. The molecule has 0 aliphatic carbocycles. The Morgan fingerprint density at radius 3 is 1.71 bits per heavy atom. The Morgan fingerprint density at radius 2 is 1.21 bits per heavy atom. The first-order valence-corrected chi connectivity index (χ1v) is 10.6. The van der Waals surface area contributed by atoms with E-state index in [2.05, 4.69) is 19.7 Å². The number of benzene rings is 2. The zero-order valence-electron chi connectivity index (χ0n) is 19.8. The molecular formula is C30H30O4. The van der Waals surface area contributed by atoms with Gasteiger partial charge in [-0.3, -0.25) is 4.79 Å². The third-order valence-electron chi connectivity index (χ3n) is 4.71. The van der Waals surface area contributed by atoms with E-state index in [0.717, 1.165) is 16.7 Å². The zero-order chi connectivity index (χ0) is 25.4. The van der Waals surface area contributed by atoms with Gasteiger partial charge in [0.2, 0.25) is 0 Å². The fourth-order valence-electron chi connectivity index (χ4n) is 2.97. The smallest absolute Gasteiger partial charge is 0.189 e. The zero-order valence-corrected chi connectivity index (χ0v) is 19.8. The SMILES string of the molecule is C=C(C)C=Cc1cc(C=CC(=O)c2ccc(O)c(C=CC(=C)C)c2O)cc(C=CC(=C)C)c1O. The molecule has 0 heterocycles. The molecule has 0 radical (unpaired) electrons. The first-order chi connectivity index (χ1) is 16.0. The minimum atomic E-state index is -0.436. The van der Waals surface area contributed by atoms with Gasteiger partial charge in [-0.15, -0.1) is 0 Å². The fraction of sp³-hybridized carbons (Fsp3) is 0.100. The van der Waals surface area contributed by atoms with Crippen molar-refractivity contribution in [3.63, 3.8) is 0 Å². The van der Waals surface area contributed by atoms with Gasteiger partial charge in [0.15, 0.2) is 5.78 Å². The third-order valence-corrected chi connectivity index (χ3v) is 4.71. The molecule has 0 bridgehead atoms. The molecular weight excluding hydrogens is 424 g/mol. The van der Waals surface area contributed by atoms with Crippen LogP contribution in [0.5, 0.6) is 17.2 Å². The van der Waals surface area contributed by atoms with Gasteiger partial charge >= 0.3 is 0 Å². The number of carbonyl (C=O) groups is 1. The van der Waals surface area contributed by atoms with E-state index in [9.17, 15) is 20.1 Å². The van der Waals surface area contributed by atoms with E-state index in [-0.39, 0.29) is 28.4 Å². The topological polar surface area (TPSA) is 77.8 Å². The molecule has 0 aromatic heterocycles. The van der Waals surface area contributed by atoms with Crippen molar-refractivity contribution in [3.8, 4) is 17.2 Å². The summed E-state index contributed by atoms with van der Waals surface area (Å²) in [5.41, 5.74) is 4.40. The standard InChI is InChI=1S/C30H30O4/c1-19(2)7-11-23-17-22(18-24(29(23)33)12-8-20(3)4)10-15-27(31)26-14-16-28(32)25(30(26)34)13-9-21(5)6/h7-18,32-34H,1,3,5H2,2,4,6H3. The lowest BCUT2D eigenvalue weighted by Gasteiger charge is -2.08. The highest BCUT2D eigenvalue weighted by molar-refractivity contribution is 6.09. The lowest BCUT2D eigenvalue weighted by Crippen LogP contribution is -1.96. The Bertz CT molecular complexity index is 1220. The second-order valence-electron chi connectivity index (χ2n) is 8.18. The average molecular weight is 455 g/mol. The number of carbonyl (C=O) groups excluding carboxylic acids is 1. The van der Waals surface area contributed by atoms with Gasteiger partial charge in [0, 0.05) is 11.1 Å². The predicted molar refractivity (Wildman–Crippen MR) is 143 cm³/mol. The predicted octanol–water partition coefficient (Wildman–Crippen LogP) is 7.47. The lowest BCUT2D eigenvalue weighted by molar-refractivity contribution is 0.104. The first-order valence-electron chi connectivity index (χ1n) is 10.6. The number of rotatable bonds is 9. The van der Waals surface area contributed by atoms with Crippen molar-refractivity contribution in [2.75, 3.05) is 0 Å². The second-order valence-corrected chi connectivity index (χ2v) is 8.18. The Balaban J connectivity index is 2.49. The number of aromatic hydroxyl groups is 3. The van der Waals surface area contributed by atoms with Gasteiger partial charge < -0.3 is 15.3 Å². The van der Waals surface area contributed by atoms with E-state index in [1.165, 1.54) is 24.3 Å². The summed E-state index contributed by atoms with van der Waals surface area (Å²) in [7, 11) is 0. The molecule has 0 aliphatic heterocycles. The van der Waals surface area contributed by atoms with Crippen molar-refractivity contribution < 1.29 is 20.1 Å². The van der Waals surface area contributed by atoms with Crippen LogP contribution in [-0.2, 0) is 0 Å². The van der Waals surface area contributed by atoms with Crippen molar-refractivity contribution in [1.82, 2.24) is 0 Å². The summed E-state index contributed by atoms with van der Waals surface area (Å²) in [4.78, 5) is 12.8. The highest BCUT2D eigenvalue weighted by Crippen LogP contribution is 2.33. The molecule has 2 aromatic carbocycles. The van der Waals surface area contributed by atoms with Gasteiger partial charge in [0.05, 0.1) is 11.1 Å². The monoisotopic (exact) mass is 454 g/mol. The van der Waals surface area contributed by atoms with E-state index in [1.807, 2.05) is 13.8 Å². The van der Waals surface area contributed by atoms with Crippen LogP contribution >= 0.6 is 0 Å². The fourth-order valence-corrected chi connectivity index (χ4v) is 2.97. The minimum absolute atomic E-state index is 0.0546. The van der Waals surface area contributed by atoms with Gasteiger partial charge in [-0.25, -0.2) is 0 Å². The Labute approximate surface area is 201 Å². The molecule has 2 aromatic rings. The Hall–Kier alpha value is -4.31. The van der Waals surface area contributed by atoms with Crippen molar-refractivity contribution in [2.24, 2.45) is 0 Å². The van der Waals surface area contributed by atoms with Crippen LogP contribution in [-0.4, -0.2) is 21.1 Å². The second kappa shape index (κ2) is 11.5. The summed E-state index contributed by atoms with van der Waals surface area (Å²) < 4.78 is 0. The Kier molecular flexibility index (Phi) is 8.79. The highest BCUT2D eigenvalue weighted by atomic mass is 16.3. The van der Waals surface area contributed by atoms with Crippen molar-refractivity contribution in [1.29, 1.82) is 0 Å². The molecule has 0 saturated carbocycles. The molecule has 0 aliphatic rings. The largest absolute Gasteiger partial charge is 0.507 e. The van der Waals surface area contributed by atoms with Gasteiger partial charge in [0.25, 0.3) is 0 Å². The highest BCUT2D eigenvalue weighted by Gasteiger charge is 2.15. The molecule has 34 heavy (non-hydrogen) atoms. The normalized spacial score (nSPS) is 11.7. The summed E-state index contributed by atoms with van der Waals surface area (Å²) >= 11 is 0. The van der Waals surface area contributed by atoms with Crippen LogP contribution in [0.15, 0.2) is 85.0 Å². The molecule has 4 nitrogen and oxygen atoms in total. The molecule has 174 valence electrons. The molecule has 0 saturated heterocycles. The molecule has 2 rings (SSSR count). The summed E-state index contributed by atoms with van der Waals surface area (Å²) in [6.45, 7) is 16.9. The van der Waals surface area contributed by atoms with Crippen LogP contribution in [0.2, 0.25) is 0 Å². The van der Waals surface area contributed by atoms with Gasteiger partial charge in [-0.05, 0) is 62.8 Å². The number of phenolic OH excluding ortho intramolecular Hbond substituents is 3. The van der Waals surface area contributed by atoms with E-state index in [1.54, 1.807) is 55.5 Å². The summed E-state index contributed by atoms with van der Waals surface area (Å²) in [6, 6.07) is 6.22. The number of allylic oxidation sites excluding steroid dienone is 7. The van der Waals surface area contributed by atoms with Crippen LogP contribution in [0.4, 0.5) is 0 Å². The van der Waals surface area contributed by atoms with Gasteiger partial charge in [0.1, 0.15) is 17.2 Å². The maximum Gasteiger partial charge on any atom is 0.189 e. The molecule has 0 atom stereocenters. The molecule has 0 fully saturated rings. The molecule has 4 heteroatoms. The van der Waals surface area contributed by atoms with E-state index >= 15 is 0 Å². The maximum absolute atomic E-state index is 12.8. The van der Waals surface area contributed by atoms with Crippen LogP contribution < -0.4 is 0 Å². The molecule has 0 spiro atoms. The molecule has 3 N–H and O–H groups in total. The van der Waals surface area contributed by atoms with Gasteiger partial charge in [-0.2, -0.15) is 0 Å². The van der Waals surface area contributed by atoms with E-state index in [4.69, 9.17) is 0 Å².